The first-order chi connectivity index (χ1) is 9.80. The van der Waals surface area contributed by atoms with Gasteiger partial charge in [0.1, 0.15) is 11.6 Å². The van der Waals surface area contributed by atoms with Crippen molar-refractivity contribution in [2.45, 2.75) is 23.5 Å². The Morgan fingerprint density at radius 3 is 2.65 bits per heavy atom. The Morgan fingerprint density at radius 1 is 1.20 bits per heavy atom. The topological polar surface area (TPSA) is 75.9 Å². The van der Waals surface area contributed by atoms with Crippen molar-refractivity contribution in [3.05, 3.63) is 42.0 Å². The molecule has 1 saturated carbocycles. The molecule has 1 aromatic heterocycles. The minimum atomic E-state index is 0.438. The molecule has 2 aromatic rings. The fraction of sp³-hybridized carbons (Fsp3) is 0.286. The predicted molar refractivity (Wildman–Crippen MR) is 82.8 cm³/mol. The highest BCUT2D eigenvalue weighted by atomic mass is 32.2. The van der Waals surface area contributed by atoms with E-state index in [1.807, 2.05) is 18.4 Å². The lowest BCUT2D eigenvalue weighted by atomic mass is 10.1. The summed E-state index contributed by atoms with van der Waals surface area (Å²) in [5, 5.41) is 4.16. The van der Waals surface area contributed by atoms with Crippen molar-refractivity contribution in [1.82, 2.24) is 9.97 Å². The molecule has 20 heavy (non-hydrogen) atoms. The molecule has 5 nitrogen and oxygen atoms in total. The van der Waals surface area contributed by atoms with Crippen LogP contribution in [0.5, 0.6) is 0 Å². The summed E-state index contributed by atoms with van der Waals surface area (Å²) in [5.74, 6) is 7.45. The molecule has 1 fully saturated rings. The maximum Gasteiger partial charge on any atom is 0.191 e. The smallest absolute Gasteiger partial charge is 0.191 e. The van der Waals surface area contributed by atoms with Gasteiger partial charge in [-0.15, -0.1) is 0 Å². The number of thioether (sulfide) groups is 1. The molecule has 2 unspecified atom stereocenters. The molecular formula is C14H17N5S. The molecule has 0 bridgehead atoms. The number of hydrogen-bond donors (Lipinski definition) is 3. The van der Waals surface area contributed by atoms with E-state index in [0.29, 0.717) is 22.9 Å². The van der Waals surface area contributed by atoms with Crippen LogP contribution in [0.25, 0.3) is 0 Å². The van der Waals surface area contributed by atoms with Gasteiger partial charge in [-0.2, -0.15) is 0 Å². The van der Waals surface area contributed by atoms with Crippen LogP contribution in [0.2, 0.25) is 0 Å². The molecular weight excluding hydrogens is 270 g/mol. The maximum absolute atomic E-state index is 5.43. The quantitative estimate of drug-likeness (QED) is 0.339. The van der Waals surface area contributed by atoms with Crippen molar-refractivity contribution in [1.29, 1.82) is 0 Å². The Labute approximate surface area is 122 Å². The third-order valence-corrected chi connectivity index (χ3v) is 3.94. The average Bonchev–Trinajstić information content (AvgIpc) is 3.27. The minimum Gasteiger partial charge on any atom is -0.366 e. The highest BCUT2D eigenvalue weighted by molar-refractivity contribution is 7.98. The Balaban J connectivity index is 1.70. The van der Waals surface area contributed by atoms with E-state index in [4.69, 9.17) is 5.84 Å². The summed E-state index contributed by atoms with van der Waals surface area (Å²) in [6.07, 6.45) is 3.08. The van der Waals surface area contributed by atoms with Gasteiger partial charge in [-0.25, -0.2) is 15.8 Å². The van der Waals surface area contributed by atoms with Crippen molar-refractivity contribution in [3.8, 4) is 0 Å². The van der Waals surface area contributed by atoms with Gasteiger partial charge in [0.05, 0.1) is 0 Å². The SMILES string of the molecule is CSc1nc(NN)cc(NC2CC2c2ccccc2)n1. The van der Waals surface area contributed by atoms with Crippen LogP contribution in [-0.4, -0.2) is 22.3 Å². The van der Waals surface area contributed by atoms with Gasteiger partial charge in [-0.05, 0) is 18.2 Å². The number of anilines is 2. The maximum atomic E-state index is 5.43. The van der Waals surface area contributed by atoms with Crippen molar-refractivity contribution in [2.75, 3.05) is 17.0 Å². The van der Waals surface area contributed by atoms with Gasteiger partial charge in [-0.3, -0.25) is 0 Å². The molecule has 0 amide bonds. The molecule has 1 aromatic carbocycles. The number of nitrogen functional groups attached to an aromatic ring is 1. The van der Waals surface area contributed by atoms with Crippen LogP contribution in [-0.2, 0) is 0 Å². The third kappa shape index (κ3) is 2.86. The monoisotopic (exact) mass is 287 g/mol. The van der Waals surface area contributed by atoms with Crippen molar-refractivity contribution >= 4 is 23.4 Å². The van der Waals surface area contributed by atoms with Crippen LogP contribution in [0.1, 0.15) is 17.9 Å². The number of hydrogen-bond acceptors (Lipinski definition) is 6. The third-order valence-electron chi connectivity index (χ3n) is 3.39. The van der Waals surface area contributed by atoms with Gasteiger partial charge in [0.15, 0.2) is 5.16 Å². The van der Waals surface area contributed by atoms with E-state index in [1.165, 1.54) is 17.3 Å². The van der Waals surface area contributed by atoms with Crippen LogP contribution in [0.15, 0.2) is 41.6 Å². The zero-order valence-electron chi connectivity index (χ0n) is 11.2. The molecule has 1 heterocycles. The summed E-state index contributed by atoms with van der Waals surface area (Å²) in [6, 6.07) is 12.8. The Morgan fingerprint density at radius 2 is 1.95 bits per heavy atom. The second kappa shape index (κ2) is 5.68. The van der Waals surface area contributed by atoms with Crippen LogP contribution >= 0.6 is 11.8 Å². The average molecular weight is 287 g/mol. The van der Waals surface area contributed by atoms with E-state index < -0.39 is 0 Å². The zero-order valence-corrected chi connectivity index (χ0v) is 12.0. The highest BCUT2D eigenvalue weighted by Crippen LogP contribution is 2.42. The molecule has 104 valence electrons. The van der Waals surface area contributed by atoms with E-state index in [-0.39, 0.29) is 0 Å². The summed E-state index contributed by atoms with van der Waals surface area (Å²) in [5.41, 5.74) is 3.95. The molecule has 0 aliphatic heterocycles. The fourth-order valence-corrected chi connectivity index (χ4v) is 2.66. The lowest BCUT2D eigenvalue weighted by Gasteiger charge is -2.08. The zero-order chi connectivity index (χ0) is 13.9. The lowest BCUT2D eigenvalue weighted by Crippen LogP contribution is -2.12. The molecule has 3 rings (SSSR count). The van der Waals surface area contributed by atoms with Crippen molar-refractivity contribution in [2.24, 2.45) is 5.84 Å². The molecule has 0 spiro atoms. The summed E-state index contributed by atoms with van der Waals surface area (Å²) in [4.78, 5) is 8.70. The van der Waals surface area contributed by atoms with E-state index in [2.05, 4.69) is 45.0 Å². The molecule has 4 N–H and O–H groups in total. The van der Waals surface area contributed by atoms with Gasteiger partial charge < -0.3 is 10.7 Å². The van der Waals surface area contributed by atoms with Crippen LogP contribution in [0.3, 0.4) is 0 Å². The first-order valence-corrected chi connectivity index (χ1v) is 7.74. The van der Waals surface area contributed by atoms with E-state index in [9.17, 15) is 0 Å². The fourth-order valence-electron chi connectivity index (χ4n) is 2.28. The van der Waals surface area contributed by atoms with E-state index in [0.717, 1.165) is 12.2 Å². The molecule has 0 saturated heterocycles. The second-order valence-electron chi connectivity index (χ2n) is 4.77. The molecule has 1 aliphatic rings. The number of nitrogens with two attached hydrogens (primary N) is 1. The van der Waals surface area contributed by atoms with Gasteiger partial charge in [0, 0.05) is 18.0 Å². The largest absolute Gasteiger partial charge is 0.366 e. The first kappa shape index (κ1) is 13.2. The number of hydrazine groups is 1. The normalized spacial score (nSPS) is 20.5. The molecule has 2 atom stereocenters. The number of benzene rings is 1. The standard InChI is InChI=1S/C14H17N5S/c1-20-14-17-12(8-13(18-14)19-15)16-11-7-10(11)9-5-3-2-4-6-9/h2-6,8,10-11H,7,15H2,1H3,(H2,16,17,18,19). The summed E-state index contributed by atoms with van der Waals surface area (Å²) >= 11 is 1.50. The van der Waals surface area contributed by atoms with Crippen LogP contribution in [0, 0.1) is 0 Å². The number of nitrogens with zero attached hydrogens (tertiary/aromatic N) is 2. The van der Waals surface area contributed by atoms with Gasteiger partial charge >= 0.3 is 0 Å². The number of aromatic nitrogens is 2. The molecule has 1 aliphatic carbocycles. The van der Waals surface area contributed by atoms with Crippen LogP contribution < -0.4 is 16.6 Å². The summed E-state index contributed by atoms with van der Waals surface area (Å²) < 4.78 is 0. The summed E-state index contributed by atoms with van der Waals surface area (Å²) in [7, 11) is 0. The van der Waals surface area contributed by atoms with Crippen molar-refractivity contribution < 1.29 is 0 Å². The van der Waals surface area contributed by atoms with Gasteiger partial charge in [0.2, 0.25) is 0 Å². The first-order valence-electron chi connectivity index (χ1n) is 6.51. The molecule has 6 heteroatoms. The van der Waals surface area contributed by atoms with Crippen LogP contribution in [0.4, 0.5) is 11.6 Å². The Hall–Kier alpha value is -1.79. The minimum absolute atomic E-state index is 0.438. The molecule has 0 radical (unpaired) electrons. The van der Waals surface area contributed by atoms with Crippen molar-refractivity contribution in [3.63, 3.8) is 0 Å². The van der Waals surface area contributed by atoms with E-state index >= 15 is 0 Å². The van der Waals surface area contributed by atoms with Gasteiger partial charge in [0.25, 0.3) is 0 Å². The Kier molecular flexibility index (Phi) is 3.75. The Bertz CT molecular complexity index is 567. The highest BCUT2D eigenvalue weighted by Gasteiger charge is 2.38. The van der Waals surface area contributed by atoms with Gasteiger partial charge in [-0.1, -0.05) is 42.1 Å². The second-order valence-corrected chi connectivity index (χ2v) is 5.55. The predicted octanol–water partition coefficient (Wildman–Crippen LogP) is 2.45. The number of rotatable bonds is 5. The number of nitrogens with one attached hydrogen (secondary N) is 2. The lowest BCUT2D eigenvalue weighted by molar-refractivity contribution is 0.943. The summed E-state index contributed by atoms with van der Waals surface area (Å²) in [6.45, 7) is 0. The van der Waals surface area contributed by atoms with E-state index in [1.54, 1.807) is 0 Å².